The fourth-order valence-electron chi connectivity index (χ4n) is 0.512. The Kier molecular flexibility index (Phi) is 5.64. The molecule has 0 aliphatic heterocycles. The van der Waals surface area contributed by atoms with E-state index in [2.05, 4.69) is 13.5 Å². The molecule has 0 aromatic carbocycles. The van der Waals surface area contributed by atoms with Crippen LogP contribution in [0.1, 0.15) is 19.8 Å². The standard InChI is InChI=1S/C8H15O/c1-4-5-6-7-9-8(2)3/h4,8H,1-2,5-7H2,3H3. The van der Waals surface area contributed by atoms with E-state index in [4.69, 9.17) is 4.74 Å². The van der Waals surface area contributed by atoms with Gasteiger partial charge in [0.15, 0.2) is 0 Å². The van der Waals surface area contributed by atoms with Crippen molar-refractivity contribution >= 4 is 0 Å². The van der Waals surface area contributed by atoms with Gasteiger partial charge in [-0.2, -0.15) is 0 Å². The van der Waals surface area contributed by atoms with Crippen LogP contribution in [0.2, 0.25) is 0 Å². The van der Waals surface area contributed by atoms with Crippen LogP contribution in [-0.4, -0.2) is 12.7 Å². The first-order valence-electron chi connectivity index (χ1n) is 3.33. The van der Waals surface area contributed by atoms with Gasteiger partial charge in [0.1, 0.15) is 0 Å². The quantitative estimate of drug-likeness (QED) is 0.406. The Morgan fingerprint density at radius 1 is 1.67 bits per heavy atom. The third kappa shape index (κ3) is 7.70. The molecule has 53 valence electrons. The van der Waals surface area contributed by atoms with Crippen LogP contribution in [0.25, 0.3) is 0 Å². The normalized spacial score (nSPS) is 10.1. The van der Waals surface area contributed by atoms with Crippen LogP contribution in [0.4, 0.5) is 0 Å². The molecule has 0 rings (SSSR count). The highest BCUT2D eigenvalue weighted by Gasteiger charge is 1.89. The molecule has 1 atom stereocenters. The van der Waals surface area contributed by atoms with Crippen molar-refractivity contribution < 1.29 is 4.74 Å². The summed E-state index contributed by atoms with van der Waals surface area (Å²) in [6.07, 6.45) is 4.11. The van der Waals surface area contributed by atoms with Crippen LogP contribution in [0.15, 0.2) is 12.7 Å². The Morgan fingerprint density at radius 3 is 2.78 bits per heavy atom. The smallest absolute Gasteiger partial charge is 0.0547 e. The summed E-state index contributed by atoms with van der Waals surface area (Å²) in [6.45, 7) is 10.0. The van der Waals surface area contributed by atoms with Crippen molar-refractivity contribution in [2.24, 2.45) is 0 Å². The van der Waals surface area contributed by atoms with Crippen molar-refractivity contribution in [3.8, 4) is 0 Å². The second-order valence-electron chi connectivity index (χ2n) is 2.11. The molecule has 0 aromatic heterocycles. The molecule has 1 radical (unpaired) electrons. The number of allylic oxidation sites excluding steroid dienone is 1. The number of hydrogen-bond donors (Lipinski definition) is 0. The zero-order valence-corrected chi connectivity index (χ0v) is 6.10. The summed E-state index contributed by atoms with van der Waals surface area (Å²) in [5.74, 6) is 0. The highest BCUT2D eigenvalue weighted by atomic mass is 16.5. The maximum atomic E-state index is 5.18. The van der Waals surface area contributed by atoms with Gasteiger partial charge in [0.2, 0.25) is 0 Å². The molecule has 0 bridgehead atoms. The third-order valence-electron chi connectivity index (χ3n) is 0.955. The summed E-state index contributed by atoms with van der Waals surface area (Å²) in [4.78, 5) is 0. The van der Waals surface area contributed by atoms with Crippen LogP contribution in [0.3, 0.4) is 0 Å². The van der Waals surface area contributed by atoms with Crippen molar-refractivity contribution in [2.75, 3.05) is 6.61 Å². The minimum atomic E-state index is 0.120. The maximum Gasteiger partial charge on any atom is 0.0547 e. The Bertz CT molecular complexity index is 67.0. The zero-order chi connectivity index (χ0) is 7.11. The molecule has 1 unspecified atom stereocenters. The van der Waals surface area contributed by atoms with E-state index in [1.807, 2.05) is 13.0 Å². The Labute approximate surface area is 57.7 Å². The first kappa shape index (κ1) is 8.70. The molecule has 0 aromatic rings. The lowest BCUT2D eigenvalue weighted by Crippen LogP contribution is -2.03. The Balaban J connectivity index is 2.82. The number of hydrogen-bond acceptors (Lipinski definition) is 1. The number of unbranched alkanes of at least 4 members (excludes halogenated alkanes) is 1. The molecule has 1 heteroatoms. The van der Waals surface area contributed by atoms with E-state index in [0.29, 0.717) is 0 Å². The van der Waals surface area contributed by atoms with Gasteiger partial charge in [-0.15, -0.1) is 6.58 Å². The third-order valence-corrected chi connectivity index (χ3v) is 0.955. The van der Waals surface area contributed by atoms with E-state index in [1.54, 1.807) is 0 Å². The molecule has 0 aliphatic rings. The highest BCUT2D eigenvalue weighted by Crippen LogP contribution is 1.93. The molecule has 0 spiro atoms. The van der Waals surface area contributed by atoms with Crippen molar-refractivity contribution in [1.82, 2.24) is 0 Å². The largest absolute Gasteiger partial charge is 0.378 e. The number of rotatable bonds is 5. The Morgan fingerprint density at radius 2 is 2.33 bits per heavy atom. The molecule has 1 nitrogen and oxygen atoms in total. The molecular formula is C8H15O. The molecular weight excluding hydrogens is 112 g/mol. The second kappa shape index (κ2) is 5.83. The molecule has 9 heavy (non-hydrogen) atoms. The monoisotopic (exact) mass is 127 g/mol. The molecule has 0 N–H and O–H groups in total. The average Bonchev–Trinajstić information content (AvgIpc) is 1.80. The van der Waals surface area contributed by atoms with Crippen LogP contribution in [0, 0.1) is 6.92 Å². The first-order chi connectivity index (χ1) is 4.27. The first-order valence-corrected chi connectivity index (χ1v) is 3.33. The topological polar surface area (TPSA) is 9.23 Å². The fraction of sp³-hybridized carbons (Fsp3) is 0.625. The summed E-state index contributed by atoms with van der Waals surface area (Å²) in [5.41, 5.74) is 0. The van der Waals surface area contributed by atoms with Gasteiger partial charge < -0.3 is 4.74 Å². The lowest BCUT2D eigenvalue weighted by molar-refractivity contribution is 0.0942. The molecule has 0 fully saturated rings. The van der Waals surface area contributed by atoms with Gasteiger partial charge in [-0.25, -0.2) is 0 Å². The second-order valence-corrected chi connectivity index (χ2v) is 2.11. The van der Waals surface area contributed by atoms with Gasteiger partial charge in [0, 0.05) is 6.61 Å². The van der Waals surface area contributed by atoms with E-state index in [0.717, 1.165) is 19.4 Å². The van der Waals surface area contributed by atoms with E-state index in [1.165, 1.54) is 0 Å². The summed E-state index contributed by atoms with van der Waals surface area (Å²) >= 11 is 0. The summed E-state index contributed by atoms with van der Waals surface area (Å²) in [5, 5.41) is 0. The lowest BCUT2D eigenvalue weighted by atomic mass is 10.3. The van der Waals surface area contributed by atoms with Gasteiger partial charge >= 0.3 is 0 Å². The molecule has 0 aliphatic carbocycles. The highest BCUT2D eigenvalue weighted by molar-refractivity contribution is 4.65. The molecule has 0 heterocycles. The van der Waals surface area contributed by atoms with Crippen molar-refractivity contribution in [2.45, 2.75) is 25.9 Å². The summed E-state index contributed by atoms with van der Waals surface area (Å²) in [6, 6.07) is 0. The fourth-order valence-corrected chi connectivity index (χ4v) is 0.512. The van der Waals surface area contributed by atoms with Crippen molar-refractivity contribution in [3.63, 3.8) is 0 Å². The van der Waals surface area contributed by atoms with Crippen LogP contribution in [0.5, 0.6) is 0 Å². The number of ether oxygens (including phenoxy) is 1. The molecule has 0 saturated heterocycles. The summed E-state index contributed by atoms with van der Waals surface area (Å²) in [7, 11) is 0. The van der Waals surface area contributed by atoms with Crippen LogP contribution >= 0.6 is 0 Å². The molecule has 0 saturated carbocycles. The van der Waals surface area contributed by atoms with E-state index in [-0.39, 0.29) is 6.10 Å². The van der Waals surface area contributed by atoms with E-state index < -0.39 is 0 Å². The van der Waals surface area contributed by atoms with E-state index in [9.17, 15) is 0 Å². The van der Waals surface area contributed by atoms with Crippen LogP contribution < -0.4 is 0 Å². The molecule has 0 amide bonds. The van der Waals surface area contributed by atoms with Crippen LogP contribution in [-0.2, 0) is 4.74 Å². The Hall–Kier alpha value is -0.300. The predicted octanol–water partition coefficient (Wildman–Crippen LogP) is 2.19. The van der Waals surface area contributed by atoms with Gasteiger partial charge in [-0.3, -0.25) is 0 Å². The van der Waals surface area contributed by atoms with E-state index >= 15 is 0 Å². The van der Waals surface area contributed by atoms with Gasteiger partial charge in [0.05, 0.1) is 6.10 Å². The average molecular weight is 127 g/mol. The SMILES string of the molecule is [CH2]C(C)OCCCC=C. The zero-order valence-electron chi connectivity index (χ0n) is 6.10. The predicted molar refractivity (Wildman–Crippen MR) is 40.2 cm³/mol. The van der Waals surface area contributed by atoms with Gasteiger partial charge in [0.25, 0.3) is 0 Å². The van der Waals surface area contributed by atoms with Crippen molar-refractivity contribution in [1.29, 1.82) is 0 Å². The van der Waals surface area contributed by atoms with Crippen molar-refractivity contribution in [3.05, 3.63) is 19.6 Å². The van der Waals surface area contributed by atoms with Gasteiger partial charge in [-0.05, 0) is 26.7 Å². The maximum absolute atomic E-state index is 5.18. The lowest BCUT2D eigenvalue weighted by Gasteiger charge is -2.04. The van der Waals surface area contributed by atoms with Gasteiger partial charge in [-0.1, -0.05) is 6.08 Å². The summed E-state index contributed by atoms with van der Waals surface area (Å²) < 4.78 is 5.18. The minimum Gasteiger partial charge on any atom is -0.378 e. The minimum absolute atomic E-state index is 0.120.